The maximum Gasteiger partial charge on any atom is 0.354 e. The number of nitrogens with zero attached hydrogens (tertiary/aromatic N) is 2. The summed E-state index contributed by atoms with van der Waals surface area (Å²) in [5.41, 5.74) is 0.720. The maximum absolute atomic E-state index is 10.8. The number of aryl methyl sites for hydroxylation is 1. The van der Waals surface area contributed by atoms with Crippen molar-refractivity contribution in [3.63, 3.8) is 0 Å². The second-order valence-electron chi connectivity index (χ2n) is 3.70. The van der Waals surface area contributed by atoms with Gasteiger partial charge in [-0.2, -0.15) is 5.10 Å². The maximum atomic E-state index is 10.8. The molecule has 2 rings (SSSR count). The van der Waals surface area contributed by atoms with Crippen LogP contribution in [0.15, 0.2) is 34.8 Å². The van der Waals surface area contributed by atoms with Gasteiger partial charge in [0.25, 0.3) is 0 Å². The van der Waals surface area contributed by atoms with Gasteiger partial charge in [-0.1, -0.05) is 22.0 Å². The first-order valence-electron chi connectivity index (χ1n) is 5.21. The van der Waals surface area contributed by atoms with Gasteiger partial charge in [0.2, 0.25) is 0 Å². The molecule has 2 aromatic rings. The zero-order valence-electron chi connectivity index (χ0n) is 9.63. The molecule has 6 heteroatoms. The molecule has 1 aromatic heterocycles. The van der Waals surface area contributed by atoms with E-state index in [4.69, 9.17) is 9.84 Å². The second kappa shape index (κ2) is 5.22. The fourth-order valence-electron chi connectivity index (χ4n) is 1.51. The summed E-state index contributed by atoms with van der Waals surface area (Å²) in [7, 11) is 1.59. The lowest BCUT2D eigenvalue weighted by atomic mass is 10.3. The number of hydrogen-bond acceptors (Lipinski definition) is 3. The molecule has 1 aromatic carbocycles. The normalized spacial score (nSPS) is 10.3. The summed E-state index contributed by atoms with van der Waals surface area (Å²) in [5, 5.41) is 13.0. The molecule has 0 amide bonds. The number of ether oxygens (including phenoxy) is 1. The SMILES string of the molecule is Cn1nc(COc2cccc(Br)c2)cc1C(=O)O. The van der Waals surface area contributed by atoms with Crippen molar-refractivity contribution in [3.05, 3.63) is 46.2 Å². The molecule has 0 spiro atoms. The van der Waals surface area contributed by atoms with E-state index in [2.05, 4.69) is 21.0 Å². The van der Waals surface area contributed by atoms with Gasteiger partial charge in [-0.05, 0) is 24.3 Å². The van der Waals surface area contributed by atoms with Crippen molar-refractivity contribution in [2.24, 2.45) is 7.05 Å². The fourth-order valence-corrected chi connectivity index (χ4v) is 1.89. The van der Waals surface area contributed by atoms with Crippen LogP contribution in [0.25, 0.3) is 0 Å². The third-order valence-corrected chi connectivity index (χ3v) is 2.83. The Balaban J connectivity index is 2.06. The van der Waals surface area contributed by atoms with Crippen LogP contribution in [0, 0.1) is 0 Å². The first kappa shape index (κ1) is 12.6. The number of hydrogen-bond donors (Lipinski definition) is 1. The van der Waals surface area contributed by atoms with E-state index in [1.54, 1.807) is 7.05 Å². The van der Waals surface area contributed by atoms with Crippen molar-refractivity contribution in [2.75, 3.05) is 0 Å². The zero-order chi connectivity index (χ0) is 13.1. The minimum atomic E-state index is -1.00. The highest BCUT2D eigenvalue weighted by Crippen LogP contribution is 2.18. The van der Waals surface area contributed by atoms with E-state index in [1.807, 2.05) is 24.3 Å². The molecular formula is C12H11BrN2O3. The Morgan fingerprint density at radius 3 is 2.89 bits per heavy atom. The van der Waals surface area contributed by atoms with E-state index < -0.39 is 5.97 Å². The molecule has 0 aliphatic rings. The number of halogens is 1. The Kier molecular flexibility index (Phi) is 3.66. The molecule has 0 saturated carbocycles. The van der Waals surface area contributed by atoms with Gasteiger partial charge in [0.05, 0.1) is 0 Å². The molecular weight excluding hydrogens is 300 g/mol. The van der Waals surface area contributed by atoms with Gasteiger partial charge in [0.15, 0.2) is 0 Å². The van der Waals surface area contributed by atoms with Crippen LogP contribution in [0.4, 0.5) is 0 Å². The first-order valence-corrected chi connectivity index (χ1v) is 6.00. The standard InChI is InChI=1S/C12H11BrN2O3/c1-15-11(12(16)17)6-9(14-15)7-18-10-4-2-3-8(13)5-10/h2-6H,7H2,1H3,(H,16,17). The predicted octanol–water partition coefficient (Wildman–Crippen LogP) is 2.46. The number of carboxylic acids is 1. The molecule has 94 valence electrons. The number of carbonyl (C=O) groups is 1. The molecule has 5 nitrogen and oxygen atoms in total. The lowest BCUT2D eigenvalue weighted by Crippen LogP contribution is -2.04. The molecule has 0 fully saturated rings. The number of benzene rings is 1. The third kappa shape index (κ3) is 2.89. The van der Waals surface area contributed by atoms with E-state index >= 15 is 0 Å². The molecule has 0 saturated heterocycles. The van der Waals surface area contributed by atoms with Crippen LogP contribution in [0.3, 0.4) is 0 Å². The molecule has 0 radical (unpaired) electrons. The second-order valence-corrected chi connectivity index (χ2v) is 4.61. The van der Waals surface area contributed by atoms with Gasteiger partial charge in [-0.25, -0.2) is 4.79 Å². The van der Waals surface area contributed by atoms with Crippen molar-refractivity contribution in [3.8, 4) is 5.75 Å². The lowest BCUT2D eigenvalue weighted by Gasteiger charge is -2.03. The Morgan fingerprint density at radius 2 is 2.28 bits per heavy atom. The number of aromatic nitrogens is 2. The summed E-state index contributed by atoms with van der Waals surface area (Å²) in [6.45, 7) is 0.234. The Morgan fingerprint density at radius 1 is 1.50 bits per heavy atom. The number of carboxylic acid groups (broad SMARTS) is 1. The average Bonchev–Trinajstić information content (AvgIpc) is 2.68. The number of rotatable bonds is 4. The Bertz CT molecular complexity index is 580. The first-order chi connectivity index (χ1) is 8.56. The molecule has 0 aliphatic heterocycles. The molecule has 0 unspecified atom stereocenters. The predicted molar refractivity (Wildman–Crippen MR) is 68.6 cm³/mol. The zero-order valence-corrected chi connectivity index (χ0v) is 11.2. The third-order valence-electron chi connectivity index (χ3n) is 2.33. The monoisotopic (exact) mass is 310 g/mol. The average molecular weight is 311 g/mol. The van der Waals surface area contributed by atoms with E-state index in [0.717, 1.165) is 4.47 Å². The van der Waals surface area contributed by atoms with Gasteiger partial charge in [-0.15, -0.1) is 0 Å². The highest BCUT2D eigenvalue weighted by Gasteiger charge is 2.11. The Hall–Kier alpha value is -1.82. The van der Waals surface area contributed by atoms with E-state index in [1.165, 1.54) is 10.7 Å². The Labute approximate surface area is 112 Å². The molecule has 1 N–H and O–H groups in total. The molecule has 18 heavy (non-hydrogen) atoms. The van der Waals surface area contributed by atoms with Gasteiger partial charge in [0, 0.05) is 11.5 Å². The summed E-state index contributed by atoms with van der Waals surface area (Å²) in [4.78, 5) is 10.8. The van der Waals surface area contributed by atoms with Crippen molar-refractivity contribution in [2.45, 2.75) is 6.61 Å². The van der Waals surface area contributed by atoms with Crippen LogP contribution in [0.2, 0.25) is 0 Å². The fraction of sp³-hybridized carbons (Fsp3) is 0.167. The molecule has 0 atom stereocenters. The van der Waals surface area contributed by atoms with Crippen LogP contribution in [-0.4, -0.2) is 20.9 Å². The summed E-state index contributed by atoms with van der Waals surface area (Å²) in [6, 6.07) is 8.92. The summed E-state index contributed by atoms with van der Waals surface area (Å²) in [5.74, 6) is -0.300. The highest BCUT2D eigenvalue weighted by atomic mass is 79.9. The summed E-state index contributed by atoms with van der Waals surface area (Å²) >= 11 is 3.35. The smallest absolute Gasteiger partial charge is 0.354 e. The van der Waals surface area contributed by atoms with Crippen molar-refractivity contribution < 1.29 is 14.6 Å². The van der Waals surface area contributed by atoms with Crippen molar-refractivity contribution >= 4 is 21.9 Å². The topological polar surface area (TPSA) is 64.4 Å². The van der Waals surface area contributed by atoms with Crippen LogP contribution < -0.4 is 4.74 Å². The van der Waals surface area contributed by atoms with Crippen LogP contribution in [-0.2, 0) is 13.7 Å². The van der Waals surface area contributed by atoms with Crippen LogP contribution in [0.1, 0.15) is 16.2 Å². The molecule has 1 heterocycles. The largest absolute Gasteiger partial charge is 0.487 e. The van der Waals surface area contributed by atoms with Crippen LogP contribution >= 0.6 is 15.9 Å². The van der Waals surface area contributed by atoms with Gasteiger partial charge < -0.3 is 9.84 Å². The minimum Gasteiger partial charge on any atom is -0.487 e. The van der Waals surface area contributed by atoms with Crippen molar-refractivity contribution in [1.29, 1.82) is 0 Å². The van der Waals surface area contributed by atoms with Crippen molar-refractivity contribution in [1.82, 2.24) is 9.78 Å². The molecule has 0 aliphatic carbocycles. The van der Waals surface area contributed by atoms with Gasteiger partial charge >= 0.3 is 5.97 Å². The van der Waals surface area contributed by atoms with Gasteiger partial charge in [0.1, 0.15) is 23.7 Å². The number of aromatic carboxylic acids is 1. The summed E-state index contributed by atoms with van der Waals surface area (Å²) in [6.07, 6.45) is 0. The van der Waals surface area contributed by atoms with E-state index in [-0.39, 0.29) is 12.3 Å². The highest BCUT2D eigenvalue weighted by molar-refractivity contribution is 9.10. The van der Waals surface area contributed by atoms with Gasteiger partial charge in [-0.3, -0.25) is 4.68 Å². The van der Waals surface area contributed by atoms with E-state index in [9.17, 15) is 4.79 Å². The van der Waals surface area contributed by atoms with Crippen LogP contribution in [0.5, 0.6) is 5.75 Å². The lowest BCUT2D eigenvalue weighted by molar-refractivity contribution is 0.0685. The quantitative estimate of drug-likeness (QED) is 0.942. The summed E-state index contributed by atoms with van der Waals surface area (Å²) < 4.78 is 7.77. The molecule has 0 bridgehead atoms. The minimum absolute atomic E-state index is 0.142. The van der Waals surface area contributed by atoms with E-state index in [0.29, 0.717) is 11.4 Å².